The minimum absolute atomic E-state index is 0.0260. The number of sulfonamides is 1. The van der Waals surface area contributed by atoms with Crippen molar-refractivity contribution in [3.63, 3.8) is 0 Å². The van der Waals surface area contributed by atoms with Crippen molar-refractivity contribution in [2.24, 2.45) is 5.92 Å². The zero-order chi connectivity index (χ0) is 21.6. The van der Waals surface area contributed by atoms with Crippen LogP contribution in [0.2, 0.25) is 0 Å². The lowest BCUT2D eigenvalue weighted by atomic mass is 10.2. The summed E-state index contributed by atoms with van der Waals surface area (Å²) in [6, 6.07) is 7.41. The molecule has 29 heavy (non-hydrogen) atoms. The monoisotopic (exact) mass is 426 g/mol. The van der Waals surface area contributed by atoms with E-state index in [-0.39, 0.29) is 30.7 Å². The van der Waals surface area contributed by atoms with Crippen LogP contribution in [0, 0.1) is 5.92 Å². The Morgan fingerprint density at radius 2 is 1.69 bits per heavy atom. The molecule has 1 aromatic rings. The first kappa shape index (κ1) is 23.4. The van der Waals surface area contributed by atoms with Gasteiger partial charge < -0.3 is 20.3 Å². The number of urea groups is 1. The van der Waals surface area contributed by atoms with Gasteiger partial charge in [0.05, 0.1) is 17.5 Å². The molecule has 1 aliphatic rings. The van der Waals surface area contributed by atoms with E-state index in [1.165, 1.54) is 0 Å². The Bertz CT molecular complexity index is 757. The summed E-state index contributed by atoms with van der Waals surface area (Å²) >= 11 is 0. The molecular weight excluding hydrogens is 392 g/mol. The minimum Gasteiger partial charge on any atom is -0.372 e. The number of carbonyl (C=O) groups excluding carboxylic acids is 1. The van der Waals surface area contributed by atoms with Gasteiger partial charge in [0.25, 0.3) is 0 Å². The number of morpholine rings is 1. The second-order valence-electron chi connectivity index (χ2n) is 8.09. The van der Waals surface area contributed by atoms with Crippen LogP contribution in [-0.2, 0) is 14.8 Å². The van der Waals surface area contributed by atoms with Gasteiger partial charge in [-0.15, -0.1) is 0 Å². The second kappa shape index (κ2) is 10.3. The number of amides is 2. The van der Waals surface area contributed by atoms with Crippen LogP contribution in [0.1, 0.15) is 34.6 Å². The predicted octanol–water partition coefficient (Wildman–Crippen LogP) is 2.39. The van der Waals surface area contributed by atoms with Gasteiger partial charge in [-0.3, -0.25) is 0 Å². The third-order valence-electron chi connectivity index (χ3n) is 4.77. The fourth-order valence-electron chi connectivity index (χ4n) is 3.08. The Morgan fingerprint density at radius 3 is 2.24 bits per heavy atom. The zero-order valence-electron chi connectivity index (χ0n) is 17.9. The van der Waals surface area contributed by atoms with Crippen LogP contribution >= 0.6 is 0 Å². The van der Waals surface area contributed by atoms with E-state index >= 15 is 0 Å². The average Bonchev–Trinajstić information content (AvgIpc) is 2.64. The third-order valence-corrected chi connectivity index (χ3v) is 6.58. The topological polar surface area (TPSA) is 99.8 Å². The van der Waals surface area contributed by atoms with Gasteiger partial charge in [0.1, 0.15) is 0 Å². The maximum Gasteiger partial charge on any atom is 0.319 e. The molecule has 1 saturated heterocycles. The van der Waals surface area contributed by atoms with Gasteiger partial charge in [-0.25, -0.2) is 17.9 Å². The van der Waals surface area contributed by atoms with Crippen molar-refractivity contribution in [2.45, 2.75) is 52.1 Å². The van der Waals surface area contributed by atoms with E-state index in [4.69, 9.17) is 4.74 Å². The second-order valence-corrected chi connectivity index (χ2v) is 10.4. The molecular formula is C20H34N4O4S. The lowest BCUT2D eigenvalue weighted by molar-refractivity contribution is -0.00521. The van der Waals surface area contributed by atoms with E-state index in [2.05, 4.69) is 34.1 Å². The van der Waals surface area contributed by atoms with Gasteiger partial charge in [-0.05, 0) is 57.9 Å². The zero-order valence-corrected chi connectivity index (χ0v) is 18.8. The van der Waals surface area contributed by atoms with E-state index in [9.17, 15) is 13.2 Å². The number of benzene rings is 1. The van der Waals surface area contributed by atoms with Crippen molar-refractivity contribution in [3.8, 4) is 0 Å². The fourth-order valence-corrected chi connectivity index (χ4v) is 3.93. The first-order valence-electron chi connectivity index (χ1n) is 10.1. The molecule has 0 aliphatic carbocycles. The highest BCUT2D eigenvalue weighted by Crippen LogP contribution is 2.22. The molecule has 1 heterocycles. The van der Waals surface area contributed by atoms with Gasteiger partial charge in [-0.2, -0.15) is 0 Å². The molecule has 2 amide bonds. The number of nitrogens with one attached hydrogen (secondary N) is 3. The minimum atomic E-state index is -3.29. The molecule has 1 aromatic carbocycles. The highest BCUT2D eigenvalue weighted by molar-refractivity contribution is 7.90. The van der Waals surface area contributed by atoms with Crippen LogP contribution in [0.15, 0.2) is 24.3 Å². The molecule has 2 rings (SSSR count). The van der Waals surface area contributed by atoms with E-state index in [1.807, 2.05) is 31.2 Å². The summed E-state index contributed by atoms with van der Waals surface area (Å²) < 4.78 is 31.9. The molecule has 0 saturated carbocycles. The molecule has 8 nitrogen and oxygen atoms in total. The standard InChI is InChI=1S/C20H34N4O4S/c1-14(2)29(26,27)22-11-15(3)10-21-20(25)23-18-6-8-19(9-7-18)24-12-16(4)28-17(5)13-24/h6-9,14-17,22H,10-13H2,1-5H3,(H2,21,23,25). The molecule has 164 valence electrons. The van der Waals surface area contributed by atoms with Crippen molar-refractivity contribution < 1.29 is 17.9 Å². The summed E-state index contributed by atoms with van der Waals surface area (Å²) in [5.41, 5.74) is 1.80. The summed E-state index contributed by atoms with van der Waals surface area (Å²) in [6.45, 7) is 11.6. The molecule has 9 heteroatoms. The fraction of sp³-hybridized carbons (Fsp3) is 0.650. The summed E-state index contributed by atoms with van der Waals surface area (Å²) in [5.74, 6) is -0.0260. The number of nitrogens with zero attached hydrogens (tertiary/aromatic N) is 1. The lowest BCUT2D eigenvalue weighted by Gasteiger charge is -2.36. The average molecular weight is 427 g/mol. The van der Waals surface area contributed by atoms with Gasteiger partial charge in [0.15, 0.2) is 0 Å². The van der Waals surface area contributed by atoms with Crippen LogP contribution in [0.25, 0.3) is 0 Å². The molecule has 0 spiro atoms. The maximum absolute atomic E-state index is 12.1. The first-order valence-corrected chi connectivity index (χ1v) is 11.6. The molecule has 0 bridgehead atoms. The van der Waals surface area contributed by atoms with Crippen LogP contribution in [0.5, 0.6) is 0 Å². The Balaban J connectivity index is 1.77. The summed E-state index contributed by atoms with van der Waals surface area (Å²) in [5, 5.41) is 5.10. The van der Waals surface area contributed by atoms with Gasteiger partial charge in [-0.1, -0.05) is 6.92 Å². The molecule has 1 aliphatic heterocycles. The first-order chi connectivity index (χ1) is 13.6. The Labute approximate surface area is 174 Å². The highest BCUT2D eigenvalue weighted by Gasteiger charge is 2.22. The van der Waals surface area contributed by atoms with Crippen molar-refractivity contribution in [3.05, 3.63) is 24.3 Å². The van der Waals surface area contributed by atoms with E-state index in [0.29, 0.717) is 12.2 Å². The SMILES string of the molecule is CC(CNC(=O)Nc1ccc(N2CC(C)OC(C)C2)cc1)CNS(=O)(=O)C(C)C. The van der Waals surface area contributed by atoms with Gasteiger partial charge >= 0.3 is 6.03 Å². The van der Waals surface area contributed by atoms with E-state index < -0.39 is 15.3 Å². The van der Waals surface area contributed by atoms with Gasteiger partial charge in [0, 0.05) is 37.6 Å². The lowest BCUT2D eigenvalue weighted by Crippen LogP contribution is -2.45. The van der Waals surface area contributed by atoms with Crippen LogP contribution < -0.4 is 20.3 Å². The Hall–Kier alpha value is -1.84. The maximum atomic E-state index is 12.1. The number of hydrogen-bond acceptors (Lipinski definition) is 5. The largest absolute Gasteiger partial charge is 0.372 e. The Morgan fingerprint density at radius 1 is 1.10 bits per heavy atom. The summed E-state index contributed by atoms with van der Waals surface area (Å²) in [4.78, 5) is 14.4. The quantitative estimate of drug-likeness (QED) is 0.593. The number of hydrogen-bond donors (Lipinski definition) is 3. The number of anilines is 2. The van der Waals surface area contributed by atoms with E-state index in [0.717, 1.165) is 18.8 Å². The van der Waals surface area contributed by atoms with E-state index in [1.54, 1.807) is 13.8 Å². The molecule has 0 radical (unpaired) electrons. The molecule has 0 aromatic heterocycles. The van der Waals surface area contributed by atoms with Crippen LogP contribution in [0.3, 0.4) is 0 Å². The summed E-state index contributed by atoms with van der Waals surface area (Å²) in [6.07, 6.45) is 0.378. The van der Waals surface area contributed by atoms with Crippen LogP contribution in [-0.4, -0.2) is 58.1 Å². The van der Waals surface area contributed by atoms with Crippen molar-refractivity contribution in [1.29, 1.82) is 0 Å². The highest BCUT2D eigenvalue weighted by atomic mass is 32.2. The van der Waals surface area contributed by atoms with Crippen molar-refractivity contribution in [1.82, 2.24) is 10.0 Å². The Kier molecular flexibility index (Phi) is 8.30. The number of rotatable bonds is 8. The predicted molar refractivity (Wildman–Crippen MR) is 117 cm³/mol. The summed E-state index contributed by atoms with van der Waals surface area (Å²) in [7, 11) is -3.29. The molecule has 3 N–H and O–H groups in total. The normalized spacial score (nSPS) is 21.1. The van der Waals surface area contributed by atoms with Crippen LogP contribution in [0.4, 0.5) is 16.2 Å². The van der Waals surface area contributed by atoms with Gasteiger partial charge in [0.2, 0.25) is 10.0 Å². The molecule has 3 unspecified atom stereocenters. The van der Waals surface area contributed by atoms with Crippen molar-refractivity contribution >= 4 is 27.4 Å². The molecule has 3 atom stereocenters. The third kappa shape index (κ3) is 7.49. The number of carbonyl (C=O) groups is 1. The molecule has 1 fully saturated rings. The smallest absolute Gasteiger partial charge is 0.319 e. The van der Waals surface area contributed by atoms with Crippen molar-refractivity contribution in [2.75, 3.05) is 36.4 Å². The number of ether oxygens (including phenoxy) is 1.